The summed E-state index contributed by atoms with van der Waals surface area (Å²) in [6, 6.07) is 7.00. The van der Waals surface area contributed by atoms with Crippen molar-refractivity contribution < 1.29 is 9.90 Å². The predicted octanol–water partition coefficient (Wildman–Crippen LogP) is 4.07. The van der Waals surface area contributed by atoms with Crippen LogP contribution in [-0.4, -0.2) is 15.9 Å². The molecule has 1 aromatic heterocycles. The molecule has 1 heterocycles. The molecule has 0 fully saturated rings. The monoisotopic (exact) mass is 277 g/mol. The average Bonchev–Trinajstić information content (AvgIpc) is 2.47. The van der Waals surface area contributed by atoms with Crippen LogP contribution >= 0.6 is 11.6 Å². The van der Waals surface area contributed by atoms with Gasteiger partial charge in [-0.05, 0) is 0 Å². The van der Waals surface area contributed by atoms with Gasteiger partial charge in [-0.25, -0.2) is 4.98 Å². The first-order chi connectivity index (χ1) is 9.11. The molecule has 3 nitrogen and oxygen atoms in total. The molecule has 1 aromatic carbocycles. The fourth-order valence-electron chi connectivity index (χ4n) is 1.45. The Morgan fingerprint density at radius 1 is 1.21 bits per heavy atom. The second-order valence-electron chi connectivity index (χ2n) is 3.20. The Kier molecular flexibility index (Phi) is 7.25. The third kappa shape index (κ3) is 3.70. The molecule has 19 heavy (non-hydrogen) atoms. The molecule has 0 radical (unpaired) electrons. The summed E-state index contributed by atoms with van der Waals surface area (Å²) in [5.74, 6) is -0.414. The fourth-order valence-corrected chi connectivity index (χ4v) is 1.70. The lowest BCUT2D eigenvalue weighted by Gasteiger charge is -2.05. The first kappa shape index (κ1) is 16.9. The van der Waals surface area contributed by atoms with E-state index in [0.29, 0.717) is 10.8 Å². The number of aromatic nitrogens is 1. The summed E-state index contributed by atoms with van der Waals surface area (Å²) in [5, 5.41) is 11.2. The van der Waals surface area contributed by atoms with Crippen molar-refractivity contribution in [1.82, 2.24) is 4.98 Å². The van der Waals surface area contributed by atoms with E-state index >= 15 is 0 Å². The van der Waals surface area contributed by atoms with E-state index in [-0.39, 0.29) is 22.4 Å². The second kappa shape index (κ2) is 8.12. The van der Waals surface area contributed by atoms with Crippen LogP contribution in [0.2, 0.25) is 5.15 Å². The molecule has 0 aliphatic heterocycles. The Morgan fingerprint density at radius 3 is 2.16 bits per heavy atom. The van der Waals surface area contributed by atoms with Crippen LogP contribution in [0.5, 0.6) is 5.75 Å². The molecule has 2 aromatic rings. The third-order valence-electron chi connectivity index (χ3n) is 2.17. The molecule has 4 heteroatoms. The van der Waals surface area contributed by atoms with E-state index in [4.69, 9.17) is 11.6 Å². The number of Topliss-reactive ketones (excluding diaryl/α,β-unsaturated/α-hetero) is 1. The van der Waals surface area contributed by atoms with Gasteiger partial charge in [-0.2, -0.15) is 0 Å². The van der Waals surface area contributed by atoms with Crippen LogP contribution in [-0.2, 0) is 0 Å². The Labute approximate surface area is 118 Å². The van der Waals surface area contributed by atoms with Crippen LogP contribution in [0.4, 0.5) is 0 Å². The number of benzene rings is 1. The summed E-state index contributed by atoms with van der Waals surface area (Å²) < 4.78 is 0. The van der Waals surface area contributed by atoms with Crippen molar-refractivity contribution in [3.05, 3.63) is 35.1 Å². The molecule has 0 spiro atoms. The molecule has 1 N–H and O–H groups in total. The van der Waals surface area contributed by atoms with Gasteiger partial charge < -0.3 is 5.11 Å². The summed E-state index contributed by atoms with van der Waals surface area (Å²) >= 11 is 5.90. The highest BCUT2D eigenvalue weighted by molar-refractivity contribution is 6.34. The fraction of sp³-hybridized carbons (Fsp3) is 0.200. The number of carbonyl (C=O) groups is 1. The number of ketones is 1. The first-order valence-corrected chi connectivity index (χ1v) is 6.10. The molecule has 2 rings (SSSR count). The van der Waals surface area contributed by atoms with Crippen LogP contribution in [0, 0.1) is 12.8 Å². The smallest absolute Gasteiger partial charge is 0.182 e. The topological polar surface area (TPSA) is 50.2 Å². The van der Waals surface area contributed by atoms with Gasteiger partial charge in [0.1, 0.15) is 10.8 Å². The molecule has 0 atom stereocenters. The highest BCUT2D eigenvalue weighted by Crippen LogP contribution is 2.31. The average molecular weight is 278 g/mol. The van der Waals surface area contributed by atoms with Crippen molar-refractivity contribution in [3.63, 3.8) is 0 Å². The van der Waals surface area contributed by atoms with E-state index in [1.807, 2.05) is 13.8 Å². The lowest BCUT2D eigenvalue weighted by molar-refractivity contribution is 0.101. The van der Waals surface area contributed by atoms with E-state index in [1.165, 1.54) is 6.92 Å². The Hall–Kier alpha value is -2.05. The Morgan fingerprint density at radius 2 is 1.68 bits per heavy atom. The minimum absolute atomic E-state index is 0.0127. The lowest BCUT2D eigenvalue weighted by atomic mass is 10.1. The normalized spacial score (nSPS) is 8.74. The van der Waals surface area contributed by atoms with E-state index in [1.54, 1.807) is 24.3 Å². The summed E-state index contributed by atoms with van der Waals surface area (Å²) in [7, 11) is 0. The molecule has 0 unspecified atom stereocenters. The highest BCUT2D eigenvalue weighted by atomic mass is 35.5. The number of rotatable bonds is 1. The zero-order chi connectivity index (χ0) is 15.0. The van der Waals surface area contributed by atoms with Crippen molar-refractivity contribution >= 4 is 28.2 Å². The highest BCUT2D eigenvalue weighted by Gasteiger charge is 2.14. The van der Waals surface area contributed by atoms with Gasteiger partial charge in [0.25, 0.3) is 0 Å². The molecule has 0 aliphatic rings. The van der Waals surface area contributed by atoms with Gasteiger partial charge in [-0.3, -0.25) is 4.79 Å². The number of hydrogen-bond donors (Lipinski definition) is 1. The zero-order valence-electron chi connectivity index (χ0n) is 11.1. The van der Waals surface area contributed by atoms with Crippen LogP contribution in [0.15, 0.2) is 24.3 Å². The van der Waals surface area contributed by atoms with Crippen molar-refractivity contribution in [1.29, 1.82) is 0 Å². The number of aromatic hydroxyl groups is 1. The molecule has 0 bridgehead atoms. The van der Waals surface area contributed by atoms with Crippen LogP contribution in [0.1, 0.15) is 31.3 Å². The largest absolute Gasteiger partial charge is 0.505 e. The Bertz CT molecular complexity index is 591. The molecule has 100 valence electrons. The van der Waals surface area contributed by atoms with E-state index in [9.17, 15) is 9.90 Å². The van der Waals surface area contributed by atoms with Gasteiger partial charge in [0, 0.05) is 17.7 Å². The number of halogens is 1. The van der Waals surface area contributed by atoms with Crippen molar-refractivity contribution in [2.45, 2.75) is 20.8 Å². The van der Waals surface area contributed by atoms with Gasteiger partial charge in [-0.1, -0.05) is 49.7 Å². The summed E-state index contributed by atoms with van der Waals surface area (Å²) in [5.41, 5.74) is 0.0127. The van der Waals surface area contributed by atoms with Crippen molar-refractivity contribution in [2.24, 2.45) is 0 Å². The number of fused-ring (bicyclic) bond motifs is 1. The number of hydrogen-bond acceptors (Lipinski definition) is 3. The van der Waals surface area contributed by atoms with Gasteiger partial charge in [-0.15, -0.1) is 12.8 Å². The molecule has 0 saturated carbocycles. The van der Waals surface area contributed by atoms with Crippen molar-refractivity contribution in [3.8, 4) is 18.6 Å². The first-order valence-electron chi connectivity index (χ1n) is 5.72. The van der Waals surface area contributed by atoms with Gasteiger partial charge >= 0.3 is 0 Å². The van der Waals surface area contributed by atoms with E-state index in [2.05, 4.69) is 17.8 Å². The zero-order valence-corrected chi connectivity index (χ0v) is 11.9. The number of nitrogens with zero attached hydrogens (tertiary/aromatic N) is 1. The maximum Gasteiger partial charge on any atom is 0.182 e. The molecular weight excluding hydrogens is 262 g/mol. The number of terminal acetylenes is 1. The maximum atomic E-state index is 11.2. The number of pyridine rings is 1. The van der Waals surface area contributed by atoms with Crippen LogP contribution in [0.3, 0.4) is 0 Å². The molecule has 0 saturated heterocycles. The minimum atomic E-state index is -0.305. The third-order valence-corrected chi connectivity index (χ3v) is 2.46. The summed E-state index contributed by atoms with van der Waals surface area (Å²) in [4.78, 5) is 15.0. The standard InChI is InChI=1S/C11H8ClNO2.C2H6.C2H2/c1-6(14)9-10(15)7-4-2-3-5-8(7)11(12)13-9;2*1-2/h2-5,15H,1H3;1-2H3;1-2H. The summed E-state index contributed by atoms with van der Waals surface area (Å²) in [6.45, 7) is 5.34. The van der Waals surface area contributed by atoms with Gasteiger partial charge in [0.2, 0.25) is 0 Å². The number of carbonyl (C=O) groups excluding carboxylic acids is 1. The molecular formula is C15H16ClNO2. The van der Waals surface area contributed by atoms with Crippen molar-refractivity contribution in [2.75, 3.05) is 0 Å². The quantitative estimate of drug-likeness (QED) is 0.486. The molecule has 0 amide bonds. The lowest BCUT2D eigenvalue weighted by Crippen LogP contribution is -1.98. The van der Waals surface area contributed by atoms with Gasteiger partial charge in [0.05, 0.1) is 0 Å². The van der Waals surface area contributed by atoms with E-state index in [0.717, 1.165) is 0 Å². The SMILES string of the molecule is C#C.CC.CC(=O)c1nc(Cl)c2ccccc2c1O. The predicted molar refractivity (Wildman–Crippen MR) is 79.7 cm³/mol. The molecule has 0 aliphatic carbocycles. The second-order valence-corrected chi connectivity index (χ2v) is 3.56. The van der Waals surface area contributed by atoms with Gasteiger partial charge in [0.15, 0.2) is 11.5 Å². The minimum Gasteiger partial charge on any atom is -0.505 e. The maximum absolute atomic E-state index is 11.2. The summed E-state index contributed by atoms with van der Waals surface area (Å²) in [6.07, 6.45) is 8.00. The Balaban J connectivity index is 0.000000741. The van der Waals surface area contributed by atoms with Crippen LogP contribution in [0.25, 0.3) is 10.8 Å². The van der Waals surface area contributed by atoms with Crippen LogP contribution < -0.4 is 0 Å². The van der Waals surface area contributed by atoms with E-state index < -0.39 is 0 Å².